The second-order valence-corrected chi connectivity index (χ2v) is 6.79. The highest BCUT2D eigenvalue weighted by Gasteiger charge is 2.12. The Labute approximate surface area is 124 Å². The zero-order chi connectivity index (χ0) is 14.3. The predicted molar refractivity (Wildman–Crippen MR) is 81.6 cm³/mol. The molecule has 0 aliphatic heterocycles. The highest BCUT2D eigenvalue weighted by Crippen LogP contribution is 2.26. The molecular formula is C12H18Cl2N2O2S. The molecular weight excluding hydrogens is 307 g/mol. The van der Waals surface area contributed by atoms with Gasteiger partial charge in [-0.25, -0.2) is 8.42 Å². The van der Waals surface area contributed by atoms with E-state index in [1.807, 2.05) is 6.92 Å². The fourth-order valence-electron chi connectivity index (χ4n) is 1.51. The number of hydrogen-bond donors (Lipinski definition) is 2. The van der Waals surface area contributed by atoms with E-state index in [9.17, 15) is 8.42 Å². The number of nitrogens with one attached hydrogen (secondary N) is 2. The Morgan fingerprint density at radius 3 is 2.58 bits per heavy atom. The van der Waals surface area contributed by atoms with Crippen molar-refractivity contribution in [3.05, 3.63) is 28.2 Å². The van der Waals surface area contributed by atoms with Gasteiger partial charge in [-0.15, -0.1) is 0 Å². The van der Waals surface area contributed by atoms with Crippen molar-refractivity contribution in [1.29, 1.82) is 0 Å². The molecule has 0 fully saturated rings. The van der Waals surface area contributed by atoms with Gasteiger partial charge >= 0.3 is 0 Å². The molecule has 108 valence electrons. The summed E-state index contributed by atoms with van der Waals surface area (Å²) in [5, 5.41) is 3.91. The van der Waals surface area contributed by atoms with Crippen LogP contribution in [0.5, 0.6) is 0 Å². The number of unbranched alkanes of at least 4 members (excludes halogenated alkanes) is 1. The zero-order valence-electron chi connectivity index (χ0n) is 10.7. The van der Waals surface area contributed by atoms with E-state index in [4.69, 9.17) is 23.2 Å². The SMILES string of the molecule is CCNCCCCS(=O)(=O)Nc1ccc(Cl)cc1Cl. The van der Waals surface area contributed by atoms with E-state index in [-0.39, 0.29) is 5.75 Å². The van der Waals surface area contributed by atoms with Crippen molar-refractivity contribution in [1.82, 2.24) is 5.32 Å². The molecule has 0 heterocycles. The lowest BCUT2D eigenvalue weighted by Gasteiger charge is -2.09. The third-order valence-corrected chi connectivity index (χ3v) is 4.37. The number of sulfonamides is 1. The Bertz CT molecular complexity index is 506. The van der Waals surface area contributed by atoms with E-state index >= 15 is 0 Å². The summed E-state index contributed by atoms with van der Waals surface area (Å²) in [5.41, 5.74) is 0.359. The lowest BCUT2D eigenvalue weighted by Crippen LogP contribution is -2.19. The molecule has 0 radical (unpaired) electrons. The van der Waals surface area contributed by atoms with Gasteiger partial charge in [-0.3, -0.25) is 4.72 Å². The Hall–Kier alpha value is -0.490. The van der Waals surface area contributed by atoms with Gasteiger partial charge in [0, 0.05) is 5.02 Å². The van der Waals surface area contributed by atoms with Gasteiger partial charge in [-0.05, 0) is 44.1 Å². The zero-order valence-corrected chi connectivity index (χ0v) is 13.1. The van der Waals surface area contributed by atoms with E-state index in [0.29, 0.717) is 22.2 Å². The quantitative estimate of drug-likeness (QED) is 0.722. The maximum Gasteiger partial charge on any atom is 0.232 e. The molecule has 19 heavy (non-hydrogen) atoms. The number of benzene rings is 1. The van der Waals surface area contributed by atoms with Gasteiger partial charge in [-0.2, -0.15) is 0 Å². The normalized spacial score (nSPS) is 11.5. The summed E-state index contributed by atoms with van der Waals surface area (Å²) >= 11 is 11.7. The minimum atomic E-state index is -3.36. The average molecular weight is 325 g/mol. The van der Waals surface area contributed by atoms with Gasteiger partial charge in [0.25, 0.3) is 0 Å². The number of anilines is 1. The first-order valence-corrected chi connectivity index (χ1v) is 8.51. The largest absolute Gasteiger partial charge is 0.317 e. The van der Waals surface area contributed by atoms with Crippen molar-refractivity contribution in [2.75, 3.05) is 23.6 Å². The second kappa shape index (κ2) is 7.94. The van der Waals surface area contributed by atoms with Gasteiger partial charge in [-0.1, -0.05) is 30.1 Å². The number of hydrogen-bond acceptors (Lipinski definition) is 3. The van der Waals surface area contributed by atoms with E-state index in [1.165, 1.54) is 6.07 Å². The minimum absolute atomic E-state index is 0.0807. The van der Waals surface area contributed by atoms with E-state index in [2.05, 4.69) is 10.0 Å². The molecule has 0 atom stereocenters. The molecule has 0 unspecified atom stereocenters. The van der Waals surface area contributed by atoms with Gasteiger partial charge in [0.2, 0.25) is 10.0 Å². The lowest BCUT2D eigenvalue weighted by molar-refractivity contribution is 0.593. The van der Waals surface area contributed by atoms with Crippen LogP contribution in [-0.4, -0.2) is 27.3 Å². The summed E-state index contributed by atoms with van der Waals surface area (Å²) in [6.07, 6.45) is 1.43. The second-order valence-electron chi connectivity index (χ2n) is 4.11. The smallest absolute Gasteiger partial charge is 0.232 e. The first-order valence-electron chi connectivity index (χ1n) is 6.11. The molecule has 0 aromatic heterocycles. The Balaban J connectivity index is 2.50. The molecule has 0 aliphatic rings. The Morgan fingerprint density at radius 2 is 1.95 bits per heavy atom. The predicted octanol–water partition coefficient (Wildman–Crippen LogP) is 3.12. The van der Waals surface area contributed by atoms with Crippen LogP contribution in [0.25, 0.3) is 0 Å². The molecule has 0 aliphatic carbocycles. The van der Waals surface area contributed by atoms with Crippen molar-refractivity contribution in [2.45, 2.75) is 19.8 Å². The monoisotopic (exact) mass is 324 g/mol. The summed E-state index contributed by atoms with van der Waals surface area (Å²) in [5.74, 6) is 0.0807. The van der Waals surface area contributed by atoms with Crippen LogP contribution in [0.15, 0.2) is 18.2 Å². The van der Waals surface area contributed by atoms with Crippen LogP contribution < -0.4 is 10.0 Å². The molecule has 0 amide bonds. The lowest BCUT2D eigenvalue weighted by atomic mass is 10.3. The van der Waals surface area contributed by atoms with Crippen LogP contribution in [-0.2, 0) is 10.0 Å². The third-order valence-electron chi connectivity index (χ3n) is 2.46. The van der Waals surface area contributed by atoms with Crippen molar-refractivity contribution >= 4 is 38.9 Å². The van der Waals surface area contributed by atoms with Crippen molar-refractivity contribution < 1.29 is 8.42 Å². The molecule has 1 rings (SSSR count). The summed E-state index contributed by atoms with van der Waals surface area (Å²) in [6.45, 7) is 3.74. The molecule has 0 bridgehead atoms. The first-order chi connectivity index (χ1) is 8.94. The van der Waals surface area contributed by atoms with Crippen molar-refractivity contribution in [3.63, 3.8) is 0 Å². The van der Waals surface area contributed by atoms with E-state index < -0.39 is 10.0 Å². The topological polar surface area (TPSA) is 58.2 Å². The van der Waals surface area contributed by atoms with Gasteiger partial charge in [0.05, 0.1) is 16.5 Å². The van der Waals surface area contributed by atoms with Crippen LogP contribution >= 0.6 is 23.2 Å². The van der Waals surface area contributed by atoms with Crippen LogP contribution in [0.1, 0.15) is 19.8 Å². The molecule has 0 saturated heterocycles. The Kier molecular flexibility index (Phi) is 6.93. The standard InChI is InChI=1S/C12H18Cl2N2O2S/c1-2-15-7-3-4-8-19(17,18)16-12-6-5-10(13)9-11(12)14/h5-6,9,15-16H,2-4,7-8H2,1H3. The van der Waals surface area contributed by atoms with E-state index in [0.717, 1.165) is 19.5 Å². The van der Waals surface area contributed by atoms with Crippen LogP contribution in [0.3, 0.4) is 0 Å². The number of rotatable bonds is 8. The molecule has 1 aromatic rings. The fourth-order valence-corrected chi connectivity index (χ4v) is 3.22. The third kappa shape index (κ3) is 6.47. The summed E-state index contributed by atoms with van der Waals surface area (Å²) in [6, 6.07) is 4.66. The molecule has 4 nitrogen and oxygen atoms in total. The van der Waals surface area contributed by atoms with Crippen molar-refractivity contribution in [2.24, 2.45) is 0 Å². The van der Waals surface area contributed by atoms with Crippen LogP contribution in [0, 0.1) is 0 Å². The van der Waals surface area contributed by atoms with Crippen LogP contribution in [0.4, 0.5) is 5.69 Å². The maximum atomic E-state index is 11.8. The van der Waals surface area contributed by atoms with Gasteiger partial charge < -0.3 is 5.32 Å². The molecule has 1 aromatic carbocycles. The summed E-state index contributed by atoms with van der Waals surface area (Å²) in [4.78, 5) is 0. The van der Waals surface area contributed by atoms with Crippen molar-refractivity contribution in [3.8, 4) is 0 Å². The maximum absolute atomic E-state index is 11.8. The van der Waals surface area contributed by atoms with Gasteiger partial charge in [0.1, 0.15) is 0 Å². The summed E-state index contributed by atoms with van der Waals surface area (Å²) < 4.78 is 26.2. The highest BCUT2D eigenvalue weighted by atomic mass is 35.5. The molecule has 2 N–H and O–H groups in total. The van der Waals surface area contributed by atoms with Gasteiger partial charge in [0.15, 0.2) is 0 Å². The molecule has 0 spiro atoms. The molecule has 0 saturated carbocycles. The van der Waals surface area contributed by atoms with E-state index in [1.54, 1.807) is 12.1 Å². The molecule has 7 heteroatoms. The number of halogens is 2. The summed E-state index contributed by atoms with van der Waals surface area (Å²) in [7, 11) is -3.36. The Morgan fingerprint density at radius 1 is 1.21 bits per heavy atom. The van der Waals surface area contributed by atoms with Crippen LogP contribution in [0.2, 0.25) is 10.0 Å². The first kappa shape index (κ1) is 16.6. The minimum Gasteiger partial charge on any atom is -0.317 e. The highest BCUT2D eigenvalue weighted by molar-refractivity contribution is 7.92. The average Bonchev–Trinajstić information content (AvgIpc) is 2.32. The fraction of sp³-hybridized carbons (Fsp3) is 0.500.